The summed E-state index contributed by atoms with van der Waals surface area (Å²) in [4.78, 5) is 12.2. The molecule has 182 valence electrons. The highest BCUT2D eigenvalue weighted by molar-refractivity contribution is 5.70. The van der Waals surface area contributed by atoms with Gasteiger partial charge in [-0.05, 0) is 39.0 Å². The summed E-state index contributed by atoms with van der Waals surface area (Å²) in [6.07, 6.45) is 17.3. The normalized spacial score (nSPS) is 23.3. The van der Waals surface area contributed by atoms with Crippen molar-refractivity contribution in [3.05, 3.63) is 12.2 Å². The Kier molecular flexibility index (Phi) is 15.1. The van der Waals surface area contributed by atoms with Crippen LogP contribution in [0.15, 0.2) is 12.2 Å². The van der Waals surface area contributed by atoms with Crippen LogP contribution in [0.3, 0.4) is 0 Å². The van der Waals surface area contributed by atoms with E-state index in [9.17, 15) is 20.1 Å². The third-order valence-corrected chi connectivity index (χ3v) is 6.06. The van der Waals surface area contributed by atoms with Gasteiger partial charge in [0.15, 0.2) is 5.60 Å². The molecule has 6 heteroatoms. The Balaban J connectivity index is 2.02. The largest absolute Gasteiger partial charge is 0.454 e. The summed E-state index contributed by atoms with van der Waals surface area (Å²) in [5.41, 5.74) is -1.35. The fourth-order valence-electron chi connectivity index (χ4n) is 3.97. The topological polar surface area (TPSA) is 96.2 Å². The van der Waals surface area contributed by atoms with Crippen LogP contribution in [0.4, 0.5) is 0 Å². The van der Waals surface area contributed by atoms with Gasteiger partial charge in [-0.15, -0.1) is 0 Å². The molecule has 1 fully saturated rings. The molecule has 0 bridgehead atoms. The van der Waals surface area contributed by atoms with Crippen LogP contribution in [-0.2, 0) is 14.3 Å². The lowest BCUT2D eigenvalue weighted by atomic mass is 9.94. The Labute approximate surface area is 189 Å². The molecule has 6 nitrogen and oxygen atoms in total. The lowest BCUT2D eigenvalue weighted by molar-refractivity contribution is -0.186. The van der Waals surface area contributed by atoms with Crippen molar-refractivity contribution < 1.29 is 29.6 Å². The molecule has 0 unspecified atom stereocenters. The minimum atomic E-state index is -1.35. The molecule has 1 aliphatic heterocycles. The van der Waals surface area contributed by atoms with E-state index in [1.165, 1.54) is 58.3 Å². The Morgan fingerprint density at radius 3 is 2.03 bits per heavy atom. The number of unbranched alkanes of at least 4 members (excludes halogenated alkanes) is 11. The van der Waals surface area contributed by atoms with Gasteiger partial charge in [0.05, 0.1) is 13.2 Å². The van der Waals surface area contributed by atoms with E-state index in [0.717, 1.165) is 32.1 Å². The molecule has 0 aliphatic carbocycles. The minimum absolute atomic E-state index is 0.0345. The van der Waals surface area contributed by atoms with Crippen molar-refractivity contribution in [3.8, 4) is 0 Å². The molecule has 0 amide bonds. The van der Waals surface area contributed by atoms with Crippen molar-refractivity contribution in [2.24, 2.45) is 0 Å². The number of rotatable bonds is 18. The average molecular weight is 443 g/mol. The maximum atomic E-state index is 12.2. The second kappa shape index (κ2) is 16.7. The third-order valence-electron chi connectivity index (χ3n) is 6.06. The fourth-order valence-corrected chi connectivity index (χ4v) is 3.97. The monoisotopic (exact) mass is 442 g/mol. The first-order valence-corrected chi connectivity index (χ1v) is 12.4. The second-order valence-electron chi connectivity index (χ2n) is 9.09. The summed E-state index contributed by atoms with van der Waals surface area (Å²) in [5.74, 6) is -0.411. The van der Waals surface area contributed by atoms with Gasteiger partial charge in [0.2, 0.25) is 0 Å². The van der Waals surface area contributed by atoms with Crippen molar-refractivity contribution in [3.63, 3.8) is 0 Å². The zero-order chi connectivity index (χ0) is 23.0. The number of esters is 1. The van der Waals surface area contributed by atoms with E-state index in [4.69, 9.17) is 9.47 Å². The Morgan fingerprint density at radius 1 is 0.968 bits per heavy atom. The van der Waals surface area contributed by atoms with Crippen molar-refractivity contribution >= 4 is 5.97 Å². The summed E-state index contributed by atoms with van der Waals surface area (Å²) in [6.45, 7) is 3.27. The zero-order valence-corrected chi connectivity index (χ0v) is 19.8. The molecule has 0 spiro atoms. The van der Waals surface area contributed by atoms with E-state index < -0.39 is 36.5 Å². The van der Waals surface area contributed by atoms with Crippen LogP contribution >= 0.6 is 0 Å². The number of aliphatic hydroxyl groups excluding tert-OH is 3. The van der Waals surface area contributed by atoms with Crippen LogP contribution in [0.2, 0.25) is 0 Å². The predicted octanol–water partition coefficient (Wildman–Crippen LogP) is 4.44. The summed E-state index contributed by atoms with van der Waals surface area (Å²) < 4.78 is 10.7. The second-order valence-corrected chi connectivity index (χ2v) is 9.09. The van der Waals surface area contributed by atoms with E-state index in [2.05, 4.69) is 19.1 Å². The molecule has 1 rings (SSSR count). The molecule has 0 aromatic heterocycles. The first-order valence-electron chi connectivity index (χ1n) is 12.4. The molecule has 31 heavy (non-hydrogen) atoms. The highest BCUT2D eigenvalue weighted by Crippen LogP contribution is 2.28. The SMILES string of the molecule is CCCCCCCCC=CCCCCCCCC(=O)O[C@](C)(CO)[C@H]1OC[C@H](O)[C@H]1O. The number of carbonyl (C=O) groups is 1. The van der Waals surface area contributed by atoms with Crippen molar-refractivity contribution in [2.45, 2.75) is 128 Å². The third kappa shape index (κ3) is 11.5. The summed E-state index contributed by atoms with van der Waals surface area (Å²) in [7, 11) is 0. The van der Waals surface area contributed by atoms with E-state index in [1.807, 2.05) is 0 Å². The zero-order valence-electron chi connectivity index (χ0n) is 19.8. The quantitative estimate of drug-likeness (QED) is 0.165. The van der Waals surface area contributed by atoms with Crippen LogP contribution in [0.25, 0.3) is 0 Å². The lowest BCUT2D eigenvalue weighted by Gasteiger charge is -2.34. The lowest BCUT2D eigenvalue weighted by Crippen LogP contribution is -2.52. The summed E-state index contributed by atoms with van der Waals surface area (Å²) in [5, 5.41) is 29.2. The highest BCUT2D eigenvalue weighted by Gasteiger charge is 2.49. The van der Waals surface area contributed by atoms with Gasteiger partial charge in [-0.1, -0.05) is 70.4 Å². The molecule has 0 aromatic rings. The molecule has 4 atom stereocenters. The van der Waals surface area contributed by atoms with Gasteiger partial charge in [-0.3, -0.25) is 4.79 Å². The number of hydrogen-bond donors (Lipinski definition) is 3. The van der Waals surface area contributed by atoms with Crippen LogP contribution in [-0.4, -0.2) is 58.4 Å². The van der Waals surface area contributed by atoms with Crippen LogP contribution in [0.5, 0.6) is 0 Å². The predicted molar refractivity (Wildman–Crippen MR) is 123 cm³/mol. The molecule has 1 saturated heterocycles. The van der Waals surface area contributed by atoms with Gasteiger partial charge in [0, 0.05) is 6.42 Å². The molecule has 0 aromatic carbocycles. The number of aliphatic hydroxyl groups is 3. The summed E-state index contributed by atoms with van der Waals surface area (Å²) >= 11 is 0. The first-order chi connectivity index (χ1) is 14.9. The number of hydrogen-bond acceptors (Lipinski definition) is 6. The van der Waals surface area contributed by atoms with Crippen molar-refractivity contribution in [1.82, 2.24) is 0 Å². The Morgan fingerprint density at radius 2 is 1.52 bits per heavy atom. The average Bonchev–Trinajstić information content (AvgIpc) is 3.09. The highest BCUT2D eigenvalue weighted by atomic mass is 16.6. The molecule has 0 saturated carbocycles. The minimum Gasteiger partial charge on any atom is -0.454 e. The molecular formula is C25H46O6. The van der Waals surface area contributed by atoms with Gasteiger partial charge in [-0.2, -0.15) is 0 Å². The number of carbonyl (C=O) groups excluding carboxylic acids is 1. The first kappa shape index (κ1) is 28.1. The maximum Gasteiger partial charge on any atom is 0.306 e. The van der Waals surface area contributed by atoms with Crippen LogP contribution < -0.4 is 0 Å². The summed E-state index contributed by atoms with van der Waals surface area (Å²) in [6, 6.07) is 0. The number of allylic oxidation sites excluding steroid dienone is 2. The van der Waals surface area contributed by atoms with Crippen LogP contribution in [0.1, 0.15) is 104 Å². The Bertz CT molecular complexity index is 494. The molecular weight excluding hydrogens is 396 g/mol. The van der Waals surface area contributed by atoms with Crippen LogP contribution in [0, 0.1) is 0 Å². The van der Waals surface area contributed by atoms with E-state index >= 15 is 0 Å². The fraction of sp³-hybridized carbons (Fsp3) is 0.880. The number of ether oxygens (including phenoxy) is 2. The van der Waals surface area contributed by atoms with E-state index in [-0.39, 0.29) is 13.0 Å². The van der Waals surface area contributed by atoms with E-state index in [1.54, 1.807) is 0 Å². The molecule has 1 heterocycles. The van der Waals surface area contributed by atoms with E-state index in [0.29, 0.717) is 0 Å². The maximum absolute atomic E-state index is 12.2. The van der Waals surface area contributed by atoms with Gasteiger partial charge in [0.1, 0.15) is 18.3 Å². The molecule has 1 aliphatic rings. The van der Waals surface area contributed by atoms with Gasteiger partial charge < -0.3 is 24.8 Å². The standard InChI is InChI=1S/C25H46O6/c1-3-4-5-6-7-8-9-10-11-12-13-14-15-16-17-18-22(28)31-25(2,20-26)24-23(29)21(27)19-30-24/h10-11,21,23-24,26-27,29H,3-9,12-20H2,1-2H3/t21-,23+,24-,25+/m0/s1. The van der Waals surface area contributed by atoms with Crippen molar-refractivity contribution in [1.29, 1.82) is 0 Å². The van der Waals surface area contributed by atoms with Gasteiger partial charge in [0.25, 0.3) is 0 Å². The molecule has 3 N–H and O–H groups in total. The van der Waals surface area contributed by atoms with Crippen molar-refractivity contribution in [2.75, 3.05) is 13.2 Å². The molecule has 0 radical (unpaired) electrons. The van der Waals surface area contributed by atoms with Gasteiger partial charge in [-0.25, -0.2) is 0 Å². The Hall–Kier alpha value is -0.950. The smallest absolute Gasteiger partial charge is 0.306 e. The van der Waals surface area contributed by atoms with Gasteiger partial charge >= 0.3 is 5.97 Å².